The first-order valence-electron chi connectivity index (χ1n) is 9.80. The summed E-state index contributed by atoms with van der Waals surface area (Å²) in [6, 6.07) is 21.4. The zero-order chi connectivity index (χ0) is 21.8. The van der Waals surface area contributed by atoms with Crippen LogP contribution < -0.4 is 19.7 Å². The molecule has 7 heteroatoms. The Balaban J connectivity index is 1.77. The van der Waals surface area contributed by atoms with Crippen molar-refractivity contribution in [3.8, 4) is 11.5 Å². The number of rotatable bonds is 7. The van der Waals surface area contributed by atoms with Crippen molar-refractivity contribution in [1.82, 2.24) is 5.32 Å². The molecule has 0 unspecified atom stereocenters. The normalized spacial score (nSPS) is 17.8. The molecule has 0 aliphatic carbocycles. The zero-order valence-corrected chi connectivity index (χ0v) is 16.9. The Kier molecular flexibility index (Phi) is 5.75. The van der Waals surface area contributed by atoms with Crippen LogP contribution in [0.15, 0.2) is 78.9 Å². The van der Waals surface area contributed by atoms with Crippen LogP contribution in [0.5, 0.6) is 11.5 Å². The van der Waals surface area contributed by atoms with Crippen LogP contribution >= 0.6 is 0 Å². The molecule has 31 heavy (non-hydrogen) atoms. The summed E-state index contributed by atoms with van der Waals surface area (Å²) in [7, 11) is 1.55. The van der Waals surface area contributed by atoms with Crippen LogP contribution in [0.4, 0.5) is 10.5 Å². The van der Waals surface area contributed by atoms with E-state index in [0.29, 0.717) is 22.7 Å². The Labute approximate surface area is 179 Å². The number of carboxylic acid groups (broad SMARTS) is 1. The maximum absolute atomic E-state index is 12.8. The van der Waals surface area contributed by atoms with Crippen molar-refractivity contribution >= 4 is 17.7 Å². The molecule has 2 amide bonds. The van der Waals surface area contributed by atoms with Crippen LogP contribution in [0.25, 0.3) is 0 Å². The summed E-state index contributed by atoms with van der Waals surface area (Å²) in [6.07, 6.45) is 0. The topological polar surface area (TPSA) is 88.1 Å². The number of methoxy groups -OCH3 is 1. The lowest BCUT2D eigenvalue weighted by Gasteiger charge is -2.27. The highest BCUT2D eigenvalue weighted by molar-refractivity contribution is 6.00. The first-order chi connectivity index (χ1) is 15.1. The van der Waals surface area contributed by atoms with Crippen LogP contribution in [-0.2, 0) is 11.4 Å². The van der Waals surface area contributed by atoms with Gasteiger partial charge in [-0.15, -0.1) is 0 Å². The van der Waals surface area contributed by atoms with Gasteiger partial charge in [0.25, 0.3) is 0 Å². The predicted molar refractivity (Wildman–Crippen MR) is 115 cm³/mol. The molecular weight excluding hydrogens is 396 g/mol. The number of urea groups is 1. The summed E-state index contributed by atoms with van der Waals surface area (Å²) in [5.41, 5.74) is 2.14. The number of amides is 2. The Morgan fingerprint density at radius 1 is 1.03 bits per heavy atom. The van der Waals surface area contributed by atoms with Crippen molar-refractivity contribution in [3.05, 3.63) is 90.0 Å². The Morgan fingerprint density at radius 3 is 2.35 bits per heavy atom. The summed E-state index contributed by atoms with van der Waals surface area (Å²) >= 11 is 0. The van der Waals surface area contributed by atoms with Crippen LogP contribution in [0.1, 0.15) is 17.2 Å². The van der Waals surface area contributed by atoms with Gasteiger partial charge in [0.05, 0.1) is 13.2 Å². The third-order valence-electron chi connectivity index (χ3n) is 5.17. The van der Waals surface area contributed by atoms with Gasteiger partial charge in [-0.2, -0.15) is 0 Å². The minimum Gasteiger partial charge on any atom is -0.497 e. The highest BCUT2D eigenvalue weighted by Gasteiger charge is 2.46. The van der Waals surface area contributed by atoms with E-state index in [1.807, 2.05) is 36.4 Å². The van der Waals surface area contributed by atoms with E-state index in [9.17, 15) is 14.7 Å². The highest BCUT2D eigenvalue weighted by Crippen LogP contribution is 2.40. The molecule has 1 aliphatic rings. The van der Waals surface area contributed by atoms with Crippen molar-refractivity contribution in [2.75, 3.05) is 12.0 Å². The van der Waals surface area contributed by atoms with E-state index >= 15 is 0 Å². The van der Waals surface area contributed by atoms with Crippen molar-refractivity contribution in [3.63, 3.8) is 0 Å². The summed E-state index contributed by atoms with van der Waals surface area (Å²) in [6.45, 7) is 0.290. The number of anilines is 1. The second-order valence-corrected chi connectivity index (χ2v) is 7.09. The third-order valence-corrected chi connectivity index (χ3v) is 5.17. The van der Waals surface area contributed by atoms with E-state index < -0.39 is 24.1 Å². The number of hydrogen-bond donors (Lipinski definition) is 2. The maximum Gasteiger partial charge on any atom is 0.328 e. The lowest BCUT2D eigenvalue weighted by Crippen LogP contribution is -2.36. The van der Waals surface area contributed by atoms with Gasteiger partial charge in [0.1, 0.15) is 18.1 Å². The van der Waals surface area contributed by atoms with E-state index in [-0.39, 0.29) is 6.61 Å². The van der Waals surface area contributed by atoms with Gasteiger partial charge in [-0.1, -0.05) is 48.5 Å². The molecule has 0 spiro atoms. The molecular formula is C24H22N2O5. The Bertz CT molecular complexity index is 1070. The zero-order valence-electron chi connectivity index (χ0n) is 16.9. The summed E-state index contributed by atoms with van der Waals surface area (Å²) in [5.74, 6) is -0.0966. The summed E-state index contributed by atoms with van der Waals surface area (Å²) in [4.78, 5) is 26.2. The van der Waals surface area contributed by atoms with Crippen LogP contribution in [0.3, 0.4) is 0 Å². The molecule has 3 aromatic rings. The second-order valence-electron chi connectivity index (χ2n) is 7.09. The molecule has 1 heterocycles. The number of carbonyl (C=O) groups is 2. The van der Waals surface area contributed by atoms with Crippen molar-refractivity contribution in [2.24, 2.45) is 0 Å². The molecule has 158 valence electrons. The van der Waals surface area contributed by atoms with E-state index in [1.165, 1.54) is 4.90 Å². The molecule has 2 atom stereocenters. The average molecular weight is 418 g/mol. The number of nitrogens with one attached hydrogen (secondary N) is 1. The van der Waals surface area contributed by atoms with Gasteiger partial charge >= 0.3 is 12.0 Å². The molecule has 0 bridgehead atoms. The van der Waals surface area contributed by atoms with Crippen LogP contribution in [-0.4, -0.2) is 30.3 Å². The Morgan fingerprint density at radius 2 is 1.71 bits per heavy atom. The molecule has 0 radical (unpaired) electrons. The number of benzene rings is 3. The van der Waals surface area contributed by atoms with E-state index in [1.54, 1.807) is 49.6 Å². The van der Waals surface area contributed by atoms with Crippen molar-refractivity contribution in [1.29, 1.82) is 0 Å². The van der Waals surface area contributed by atoms with Crippen LogP contribution in [0.2, 0.25) is 0 Å². The number of ether oxygens (including phenoxy) is 2. The number of hydrogen-bond acceptors (Lipinski definition) is 4. The first kappa shape index (κ1) is 20.3. The number of nitrogens with zero attached hydrogens (tertiary/aromatic N) is 1. The third kappa shape index (κ3) is 4.16. The minimum atomic E-state index is -1.14. The number of aliphatic carboxylic acids is 1. The molecule has 1 saturated heterocycles. The van der Waals surface area contributed by atoms with Gasteiger partial charge < -0.3 is 19.9 Å². The lowest BCUT2D eigenvalue weighted by atomic mass is 9.97. The number of carboxylic acids is 1. The Hall–Kier alpha value is -4.00. The molecule has 2 N–H and O–H groups in total. The van der Waals surface area contributed by atoms with Gasteiger partial charge in [0.2, 0.25) is 0 Å². The van der Waals surface area contributed by atoms with Gasteiger partial charge in [0, 0.05) is 17.3 Å². The maximum atomic E-state index is 12.8. The minimum absolute atomic E-state index is 0.290. The summed E-state index contributed by atoms with van der Waals surface area (Å²) in [5, 5.41) is 12.4. The molecule has 3 aromatic carbocycles. The molecule has 7 nitrogen and oxygen atoms in total. The molecule has 4 rings (SSSR count). The quantitative estimate of drug-likeness (QED) is 0.606. The number of carbonyl (C=O) groups excluding carboxylic acids is 1. The van der Waals surface area contributed by atoms with Gasteiger partial charge in [-0.3, -0.25) is 4.90 Å². The SMILES string of the molecule is COc1ccc([C@@H]2[C@H](C(=O)O)NC(=O)N2c2ccccc2)c(OCc2ccccc2)c1. The second kappa shape index (κ2) is 8.79. The molecule has 1 fully saturated rings. The van der Waals surface area contributed by atoms with Crippen LogP contribution in [0, 0.1) is 0 Å². The fourth-order valence-electron chi connectivity index (χ4n) is 3.69. The smallest absolute Gasteiger partial charge is 0.328 e. The van der Waals surface area contributed by atoms with E-state index in [0.717, 1.165) is 5.56 Å². The molecule has 1 aliphatic heterocycles. The average Bonchev–Trinajstić information content (AvgIpc) is 3.16. The van der Waals surface area contributed by atoms with E-state index in [2.05, 4.69) is 5.32 Å². The predicted octanol–water partition coefficient (Wildman–Crippen LogP) is 4.00. The standard InChI is InChI=1S/C24H22N2O5/c1-30-18-12-13-19(20(14-18)31-15-16-8-4-2-5-9-16)22-21(23(27)28)25-24(29)26(22)17-10-6-3-7-11-17/h2-14,21-22H,15H2,1H3,(H,25,29)(H,27,28)/t21-,22-/m1/s1. The van der Waals surface area contributed by atoms with Gasteiger partial charge in [0.15, 0.2) is 6.04 Å². The van der Waals surface area contributed by atoms with Gasteiger partial charge in [-0.05, 0) is 29.8 Å². The van der Waals surface area contributed by atoms with E-state index in [4.69, 9.17) is 9.47 Å². The summed E-state index contributed by atoms with van der Waals surface area (Å²) < 4.78 is 11.4. The van der Waals surface area contributed by atoms with Gasteiger partial charge in [-0.25, -0.2) is 9.59 Å². The molecule has 0 aromatic heterocycles. The largest absolute Gasteiger partial charge is 0.497 e. The monoisotopic (exact) mass is 418 g/mol. The molecule has 0 saturated carbocycles. The fraction of sp³-hybridized carbons (Fsp3) is 0.167. The lowest BCUT2D eigenvalue weighted by molar-refractivity contribution is -0.139. The number of para-hydroxylation sites is 1. The first-order valence-corrected chi connectivity index (χ1v) is 9.80. The highest BCUT2D eigenvalue weighted by atomic mass is 16.5. The van der Waals surface area contributed by atoms with Crippen molar-refractivity contribution < 1.29 is 24.2 Å². The fourth-order valence-corrected chi connectivity index (χ4v) is 3.69. The van der Waals surface area contributed by atoms with Crippen molar-refractivity contribution in [2.45, 2.75) is 18.7 Å².